The van der Waals surface area contributed by atoms with E-state index in [9.17, 15) is 4.79 Å². The predicted octanol–water partition coefficient (Wildman–Crippen LogP) is 4.04. The van der Waals surface area contributed by atoms with Crippen LogP contribution >= 0.6 is 0 Å². The summed E-state index contributed by atoms with van der Waals surface area (Å²) in [6, 6.07) is 17.4. The molecule has 140 valence electrons. The third-order valence-electron chi connectivity index (χ3n) is 4.59. The van der Waals surface area contributed by atoms with E-state index in [4.69, 9.17) is 9.47 Å². The molecule has 2 aromatic carbocycles. The monoisotopic (exact) mass is 364 g/mol. The second-order valence-electron chi connectivity index (χ2n) is 6.35. The maximum Gasteiger partial charge on any atom is 0.253 e. The van der Waals surface area contributed by atoms with E-state index in [1.54, 1.807) is 14.2 Å². The van der Waals surface area contributed by atoms with Gasteiger partial charge in [0.05, 0.1) is 19.8 Å². The number of amides is 1. The molecular weight excluding hydrogens is 340 g/mol. The number of hydrogen-bond donors (Lipinski definition) is 1. The van der Waals surface area contributed by atoms with Crippen LogP contribution in [-0.2, 0) is 6.54 Å². The summed E-state index contributed by atoms with van der Waals surface area (Å²) in [6.45, 7) is 4.40. The van der Waals surface area contributed by atoms with E-state index in [-0.39, 0.29) is 5.91 Å². The average Bonchev–Trinajstić information content (AvgIpc) is 3.00. The summed E-state index contributed by atoms with van der Waals surface area (Å²) in [7, 11) is 3.28. The molecule has 3 rings (SSSR count). The Morgan fingerprint density at radius 2 is 1.67 bits per heavy atom. The SMILES string of the molecule is COc1ccc(-n2c(C)cc(C(=O)NCc3cccc(OC)c3)c2C)cc1. The highest BCUT2D eigenvalue weighted by atomic mass is 16.5. The van der Waals surface area contributed by atoms with Crippen molar-refractivity contribution in [3.8, 4) is 17.2 Å². The maximum absolute atomic E-state index is 12.7. The molecule has 0 saturated heterocycles. The van der Waals surface area contributed by atoms with Crippen molar-refractivity contribution in [3.63, 3.8) is 0 Å². The Bertz CT molecular complexity index is 943. The normalized spacial score (nSPS) is 10.5. The molecule has 0 fully saturated rings. The molecule has 0 radical (unpaired) electrons. The first kappa shape index (κ1) is 18.6. The number of carbonyl (C=O) groups is 1. The number of methoxy groups -OCH3 is 2. The highest BCUT2D eigenvalue weighted by Gasteiger charge is 2.16. The van der Waals surface area contributed by atoms with Crippen LogP contribution in [0.25, 0.3) is 5.69 Å². The molecular formula is C22H24N2O3. The van der Waals surface area contributed by atoms with E-state index in [0.717, 1.165) is 34.1 Å². The van der Waals surface area contributed by atoms with Crippen LogP contribution in [0.1, 0.15) is 27.3 Å². The lowest BCUT2D eigenvalue weighted by Gasteiger charge is -2.11. The number of ether oxygens (including phenoxy) is 2. The molecule has 5 heteroatoms. The van der Waals surface area contributed by atoms with Crippen LogP contribution in [0.5, 0.6) is 11.5 Å². The van der Waals surface area contributed by atoms with Crippen LogP contribution in [0.4, 0.5) is 0 Å². The number of aryl methyl sites for hydroxylation is 1. The fourth-order valence-corrected chi connectivity index (χ4v) is 3.18. The lowest BCUT2D eigenvalue weighted by molar-refractivity contribution is 0.0950. The summed E-state index contributed by atoms with van der Waals surface area (Å²) >= 11 is 0. The van der Waals surface area contributed by atoms with Crippen molar-refractivity contribution in [2.75, 3.05) is 14.2 Å². The summed E-state index contributed by atoms with van der Waals surface area (Å²) in [4.78, 5) is 12.7. The average molecular weight is 364 g/mol. The largest absolute Gasteiger partial charge is 0.497 e. The fourth-order valence-electron chi connectivity index (χ4n) is 3.18. The Morgan fingerprint density at radius 3 is 2.33 bits per heavy atom. The van der Waals surface area contributed by atoms with Gasteiger partial charge < -0.3 is 19.4 Å². The highest BCUT2D eigenvalue weighted by molar-refractivity contribution is 5.95. The van der Waals surface area contributed by atoms with Gasteiger partial charge in [0.15, 0.2) is 0 Å². The smallest absolute Gasteiger partial charge is 0.253 e. The molecule has 0 bridgehead atoms. The molecule has 0 aliphatic carbocycles. The Balaban J connectivity index is 1.79. The van der Waals surface area contributed by atoms with Crippen molar-refractivity contribution in [1.82, 2.24) is 9.88 Å². The van der Waals surface area contributed by atoms with Crippen LogP contribution in [-0.4, -0.2) is 24.7 Å². The third kappa shape index (κ3) is 3.97. The molecule has 1 amide bonds. The van der Waals surface area contributed by atoms with Gasteiger partial charge in [-0.2, -0.15) is 0 Å². The second-order valence-corrected chi connectivity index (χ2v) is 6.35. The fraction of sp³-hybridized carbons (Fsp3) is 0.227. The van der Waals surface area contributed by atoms with E-state index in [1.807, 2.05) is 68.4 Å². The Morgan fingerprint density at radius 1 is 0.963 bits per heavy atom. The number of nitrogens with zero attached hydrogens (tertiary/aromatic N) is 1. The molecule has 0 atom stereocenters. The molecule has 1 aromatic heterocycles. The van der Waals surface area contributed by atoms with E-state index in [0.29, 0.717) is 12.1 Å². The molecule has 0 aliphatic heterocycles. The summed E-state index contributed by atoms with van der Waals surface area (Å²) < 4.78 is 12.5. The van der Waals surface area contributed by atoms with Gasteiger partial charge in [0.1, 0.15) is 11.5 Å². The standard InChI is InChI=1S/C22H24N2O3/c1-15-12-21(16(2)24(15)18-8-10-19(26-3)11-9-18)22(25)23-14-17-6-5-7-20(13-17)27-4/h5-13H,14H2,1-4H3,(H,23,25). The maximum atomic E-state index is 12.7. The summed E-state index contributed by atoms with van der Waals surface area (Å²) in [5, 5.41) is 2.99. The van der Waals surface area contributed by atoms with E-state index < -0.39 is 0 Å². The molecule has 3 aromatic rings. The number of rotatable bonds is 6. The number of hydrogen-bond acceptors (Lipinski definition) is 3. The summed E-state index contributed by atoms with van der Waals surface area (Å²) in [5.41, 5.74) is 4.57. The predicted molar refractivity (Wildman–Crippen MR) is 106 cm³/mol. The lowest BCUT2D eigenvalue weighted by atomic mass is 10.2. The van der Waals surface area contributed by atoms with Crippen molar-refractivity contribution in [2.24, 2.45) is 0 Å². The lowest BCUT2D eigenvalue weighted by Crippen LogP contribution is -2.23. The van der Waals surface area contributed by atoms with Gasteiger partial charge in [0.2, 0.25) is 0 Å². The first-order chi connectivity index (χ1) is 13.0. The Labute approximate surface area is 159 Å². The van der Waals surface area contributed by atoms with E-state index >= 15 is 0 Å². The molecule has 0 spiro atoms. The quantitative estimate of drug-likeness (QED) is 0.718. The van der Waals surface area contributed by atoms with Gasteiger partial charge in [0.25, 0.3) is 5.91 Å². The van der Waals surface area contributed by atoms with Crippen molar-refractivity contribution in [2.45, 2.75) is 20.4 Å². The molecule has 0 saturated carbocycles. The summed E-state index contributed by atoms with van der Waals surface area (Å²) in [6.07, 6.45) is 0. The first-order valence-electron chi connectivity index (χ1n) is 8.78. The molecule has 0 unspecified atom stereocenters. The zero-order valence-electron chi connectivity index (χ0n) is 16.1. The number of aromatic nitrogens is 1. The molecule has 5 nitrogen and oxygen atoms in total. The van der Waals surface area contributed by atoms with E-state index in [1.165, 1.54) is 0 Å². The van der Waals surface area contributed by atoms with Crippen molar-refractivity contribution >= 4 is 5.91 Å². The third-order valence-corrected chi connectivity index (χ3v) is 4.59. The van der Waals surface area contributed by atoms with Crippen LogP contribution in [0.15, 0.2) is 54.6 Å². The van der Waals surface area contributed by atoms with Gasteiger partial charge in [-0.3, -0.25) is 4.79 Å². The Kier molecular flexibility index (Phi) is 5.50. The topological polar surface area (TPSA) is 52.5 Å². The van der Waals surface area contributed by atoms with Gasteiger partial charge in [-0.15, -0.1) is 0 Å². The van der Waals surface area contributed by atoms with E-state index in [2.05, 4.69) is 9.88 Å². The molecule has 27 heavy (non-hydrogen) atoms. The van der Waals surface area contributed by atoms with Crippen molar-refractivity contribution in [1.29, 1.82) is 0 Å². The molecule has 0 aliphatic rings. The minimum Gasteiger partial charge on any atom is -0.497 e. The van der Waals surface area contributed by atoms with Crippen LogP contribution < -0.4 is 14.8 Å². The minimum absolute atomic E-state index is 0.0920. The van der Waals surface area contributed by atoms with Gasteiger partial charge in [-0.05, 0) is 61.9 Å². The van der Waals surface area contributed by atoms with Crippen molar-refractivity contribution in [3.05, 3.63) is 77.1 Å². The van der Waals surface area contributed by atoms with Crippen LogP contribution in [0.3, 0.4) is 0 Å². The van der Waals surface area contributed by atoms with Crippen molar-refractivity contribution < 1.29 is 14.3 Å². The zero-order valence-corrected chi connectivity index (χ0v) is 16.1. The Hall–Kier alpha value is -3.21. The summed E-state index contributed by atoms with van der Waals surface area (Å²) in [5.74, 6) is 1.49. The number of nitrogens with one attached hydrogen (secondary N) is 1. The van der Waals surface area contributed by atoms with Gasteiger partial charge in [-0.25, -0.2) is 0 Å². The van der Waals surface area contributed by atoms with Gasteiger partial charge >= 0.3 is 0 Å². The molecule has 1 heterocycles. The highest BCUT2D eigenvalue weighted by Crippen LogP contribution is 2.23. The zero-order chi connectivity index (χ0) is 19.4. The second kappa shape index (κ2) is 7.99. The first-order valence-corrected chi connectivity index (χ1v) is 8.78. The van der Waals surface area contributed by atoms with Gasteiger partial charge in [0, 0.05) is 23.6 Å². The minimum atomic E-state index is -0.0920. The molecule has 1 N–H and O–H groups in total. The number of benzene rings is 2. The van der Waals surface area contributed by atoms with Gasteiger partial charge in [-0.1, -0.05) is 12.1 Å². The van der Waals surface area contributed by atoms with Crippen LogP contribution in [0, 0.1) is 13.8 Å². The van der Waals surface area contributed by atoms with Crippen LogP contribution in [0.2, 0.25) is 0 Å². The number of carbonyl (C=O) groups excluding carboxylic acids is 1.